The van der Waals surface area contributed by atoms with E-state index in [9.17, 15) is 0 Å². The smallest absolute Gasteiger partial charge is 0.0998 e. The highest BCUT2D eigenvalue weighted by atomic mass is 16.5. The van der Waals surface area contributed by atoms with Crippen molar-refractivity contribution in [2.24, 2.45) is 5.92 Å². The lowest BCUT2D eigenvalue weighted by atomic mass is 9.75. The minimum Gasteiger partial charge on any atom is -0.366 e. The number of ether oxygens (including phenoxy) is 1. The largest absolute Gasteiger partial charge is 0.366 e. The molecule has 0 radical (unpaired) electrons. The van der Waals surface area contributed by atoms with Crippen LogP contribution in [-0.2, 0) is 4.74 Å². The molecule has 0 aromatic carbocycles. The first-order valence-electron chi connectivity index (χ1n) is 6.15. The Morgan fingerprint density at radius 1 is 1.13 bits per heavy atom. The summed E-state index contributed by atoms with van der Waals surface area (Å²) >= 11 is 0. The van der Waals surface area contributed by atoms with E-state index >= 15 is 0 Å². The highest BCUT2D eigenvalue weighted by Gasteiger charge is 2.43. The number of hydrogen-bond acceptors (Lipinski definition) is 2. The summed E-state index contributed by atoms with van der Waals surface area (Å²) in [4.78, 5) is 2.52. The molecule has 0 spiro atoms. The summed E-state index contributed by atoms with van der Waals surface area (Å²) in [6.45, 7) is 15.3. The van der Waals surface area contributed by atoms with Gasteiger partial charge in [-0.2, -0.15) is 0 Å². The van der Waals surface area contributed by atoms with Crippen molar-refractivity contribution in [1.29, 1.82) is 0 Å². The Hall–Kier alpha value is -0.0800. The molecule has 1 heterocycles. The zero-order valence-corrected chi connectivity index (χ0v) is 11.3. The lowest BCUT2D eigenvalue weighted by Crippen LogP contribution is -2.60. The van der Waals surface area contributed by atoms with E-state index in [1.807, 2.05) is 0 Å². The average Bonchev–Trinajstić information content (AvgIpc) is 1.98. The Morgan fingerprint density at radius 2 is 1.60 bits per heavy atom. The van der Waals surface area contributed by atoms with Crippen molar-refractivity contribution in [2.75, 3.05) is 13.3 Å². The van der Waals surface area contributed by atoms with E-state index in [1.54, 1.807) is 0 Å². The van der Waals surface area contributed by atoms with E-state index in [0.717, 1.165) is 19.3 Å². The van der Waals surface area contributed by atoms with Crippen molar-refractivity contribution in [3.8, 4) is 0 Å². The van der Waals surface area contributed by atoms with Gasteiger partial charge in [-0.1, -0.05) is 6.92 Å². The highest BCUT2D eigenvalue weighted by molar-refractivity contribution is 4.97. The maximum Gasteiger partial charge on any atom is 0.0998 e. The van der Waals surface area contributed by atoms with Crippen LogP contribution in [0.1, 0.15) is 54.4 Å². The lowest BCUT2D eigenvalue weighted by Gasteiger charge is -2.54. The average molecular weight is 213 g/mol. The molecule has 0 unspecified atom stereocenters. The topological polar surface area (TPSA) is 12.5 Å². The van der Waals surface area contributed by atoms with Crippen LogP contribution in [-0.4, -0.2) is 29.3 Å². The predicted molar refractivity (Wildman–Crippen MR) is 64.9 cm³/mol. The van der Waals surface area contributed by atoms with Gasteiger partial charge in [0.05, 0.1) is 6.73 Å². The molecule has 1 aliphatic rings. The summed E-state index contributed by atoms with van der Waals surface area (Å²) in [6, 6.07) is 0. The van der Waals surface area contributed by atoms with Crippen molar-refractivity contribution in [3.05, 3.63) is 0 Å². The van der Waals surface area contributed by atoms with Gasteiger partial charge in [-0.15, -0.1) is 0 Å². The maximum absolute atomic E-state index is 5.61. The SMILES string of the molecule is CCOCN1C(C)(C)CC(C)CC1(C)C. The molecule has 1 saturated heterocycles. The van der Waals surface area contributed by atoms with E-state index in [4.69, 9.17) is 4.74 Å². The zero-order chi connectivity index (χ0) is 11.7. The Bertz CT molecular complexity index is 193. The van der Waals surface area contributed by atoms with E-state index in [1.165, 1.54) is 12.8 Å². The van der Waals surface area contributed by atoms with Crippen molar-refractivity contribution in [2.45, 2.75) is 65.5 Å². The van der Waals surface area contributed by atoms with Crippen LogP contribution in [0, 0.1) is 5.92 Å². The van der Waals surface area contributed by atoms with Gasteiger partial charge >= 0.3 is 0 Å². The number of piperidine rings is 1. The quantitative estimate of drug-likeness (QED) is 0.713. The molecule has 0 aromatic rings. The van der Waals surface area contributed by atoms with E-state index < -0.39 is 0 Å². The maximum atomic E-state index is 5.61. The predicted octanol–water partition coefficient (Wildman–Crippen LogP) is 3.27. The molecular weight excluding hydrogens is 186 g/mol. The van der Waals surface area contributed by atoms with E-state index in [-0.39, 0.29) is 11.1 Å². The van der Waals surface area contributed by atoms with Gasteiger partial charge in [0.15, 0.2) is 0 Å². The normalized spacial score (nSPS) is 26.8. The van der Waals surface area contributed by atoms with Gasteiger partial charge in [-0.25, -0.2) is 0 Å². The summed E-state index contributed by atoms with van der Waals surface area (Å²) in [5.74, 6) is 0.813. The van der Waals surface area contributed by atoms with E-state index in [0.29, 0.717) is 0 Å². The van der Waals surface area contributed by atoms with Gasteiger partial charge in [0.25, 0.3) is 0 Å². The molecule has 15 heavy (non-hydrogen) atoms. The molecule has 0 bridgehead atoms. The summed E-state index contributed by atoms with van der Waals surface area (Å²) in [5.41, 5.74) is 0.521. The molecule has 2 nitrogen and oxygen atoms in total. The van der Waals surface area contributed by atoms with Crippen LogP contribution in [0.4, 0.5) is 0 Å². The van der Waals surface area contributed by atoms with Gasteiger partial charge in [0.2, 0.25) is 0 Å². The summed E-state index contributed by atoms with van der Waals surface area (Å²) < 4.78 is 5.61. The zero-order valence-electron chi connectivity index (χ0n) is 11.3. The van der Waals surface area contributed by atoms with Crippen LogP contribution in [0.2, 0.25) is 0 Å². The van der Waals surface area contributed by atoms with Crippen LogP contribution in [0.5, 0.6) is 0 Å². The fourth-order valence-corrected chi connectivity index (χ4v) is 3.35. The number of likely N-dealkylation sites (tertiary alicyclic amines) is 1. The molecule has 1 rings (SSSR count). The molecule has 0 aliphatic carbocycles. The molecule has 0 atom stereocenters. The van der Waals surface area contributed by atoms with Gasteiger partial charge in [-0.3, -0.25) is 4.90 Å². The summed E-state index contributed by atoms with van der Waals surface area (Å²) in [6.07, 6.45) is 2.53. The van der Waals surface area contributed by atoms with Gasteiger partial charge in [-0.05, 0) is 53.4 Å². The molecule has 90 valence electrons. The Morgan fingerprint density at radius 3 is 2.00 bits per heavy atom. The minimum absolute atomic E-state index is 0.260. The van der Waals surface area contributed by atoms with Gasteiger partial charge < -0.3 is 4.74 Å². The lowest BCUT2D eigenvalue weighted by molar-refractivity contribution is -0.115. The third kappa shape index (κ3) is 2.94. The van der Waals surface area contributed by atoms with Crippen LogP contribution in [0.25, 0.3) is 0 Å². The van der Waals surface area contributed by atoms with Crippen LogP contribution >= 0.6 is 0 Å². The third-order valence-corrected chi connectivity index (χ3v) is 3.58. The fourth-order valence-electron chi connectivity index (χ4n) is 3.35. The summed E-state index contributed by atoms with van der Waals surface area (Å²) in [7, 11) is 0. The molecule has 1 fully saturated rings. The first-order chi connectivity index (χ1) is 6.79. The van der Waals surface area contributed by atoms with Crippen molar-refractivity contribution >= 4 is 0 Å². The first-order valence-corrected chi connectivity index (χ1v) is 6.15. The van der Waals surface area contributed by atoms with Crippen molar-refractivity contribution in [1.82, 2.24) is 4.90 Å². The minimum atomic E-state index is 0.260. The van der Waals surface area contributed by atoms with Gasteiger partial charge in [0.1, 0.15) is 0 Å². The number of rotatable bonds is 3. The van der Waals surface area contributed by atoms with Crippen molar-refractivity contribution in [3.63, 3.8) is 0 Å². The Balaban J connectivity index is 2.77. The Kier molecular flexibility index (Phi) is 3.83. The van der Waals surface area contributed by atoms with Crippen molar-refractivity contribution < 1.29 is 4.74 Å². The second-order valence-corrected chi connectivity index (χ2v) is 6.19. The fraction of sp³-hybridized carbons (Fsp3) is 1.00. The number of nitrogens with zero attached hydrogens (tertiary/aromatic N) is 1. The molecule has 2 heteroatoms. The third-order valence-electron chi connectivity index (χ3n) is 3.58. The molecule has 1 aliphatic heterocycles. The van der Waals surface area contributed by atoms with Crippen LogP contribution in [0.15, 0.2) is 0 Å². The van der Waals surface area contributed by atoms with Gasteiger partial charge in [0, 0.05) is 17.7 Å². The second kappa shape index (κ2) is 4.42. The molecule has 0 amide bonds. The van der Waals surface area contributed by atoms with Crippen LogP contribution < -0.4 is 0 Å². The first kappa shape index (κ1) is 13.0. The monoisotopic (exact) mass is 213 g/mol. The number of hydrogen-bond donors (Lipinski definition) is 0. The summed E-state index contributed by atoms with van der Waals surface area (Å²) in [5, 5.41) is 0. The molecule has 0 N–H and O–H groups in total. The second-order valence-electron chi connectivity index (χ2n) is 6.19. The molecule has 0 aromatic heterocycles. The van der Waals surface area contributed by atoms with E-state index in [2.05, 4.69) is 46.4 Å². The molecule has 0 saturated carbocycles. The standard InChI is InChI=1S/C13H27NO/c1-7-15-10-14-12(3,4)8-11(2)9-13(14,5)6/h11H,7-10H2,1-6H3. The van der Waals surface area contributed by atoms with Crippen LogP contribution in [0.3, 0.4) is 0 Å². The highest BCUT2D eigenvalue weighted by Crippen LogP contribution is 2.40. The Labute approximate surface area is 95.0 Å². The molecular formula is C13H27NO.